The van der Waals surface area contributed by atoms with Crippen LogP contribution in [0.4, 0.5) is 5.69 Å². The number of anilines is 1. The van der Waals surface area contributed by atoms with Gasteiger partial charge < -0.3 is 14.8 Å². The van der Waals surface area contributed by atoms with Crippen LogP contribution in [0.2, 0.25) is 0 Å². The molecule has 0 saturated carbocycles. The molecule has 5 nitrogen and oxygen atoms in total. The Bertz CT molecular complexity index is 916. The SMILES string of the molecule is Cn1c2c(cc(C(=O)NCCCN3CCc4ccccc43)c1=O)CCCC2. The molecule has 2 heterocycles. The summed E-state index contributed by atoms with van der Waals surface area (Å²) in [5.41, 5.74) is 5.07. The summed E-state index contributed by atoms with van der Waals surface area (Å²) in [5, 5.41) is 2.94. The zero-order valence-electron chi connectivity index (χ0n) is 16.0. The molecule has 1 aromatic heterocycles. The third-order valence-corrected chi connectivity index (χ3v) is 5.86. The summed E-state index contributed by atoms with van der Waals surface area (Å²) in [6.07, 6.45) is 6.09. The molecule has 0 radical (unpaired) electrons. The number of carbonyl (C=O) groups is 1. The highest BCUT2D eigenvalue weighted by Crippen LogP contribution is 2.27. The second-order valence-corrected chi connectivity index (χ2v) is 7.58. The van der Waals surface area contributed by atoms with Gasteiger partial charge in [-0.3, -0.25) is 9.59 Å². The van der Waals surface area contributed by atoms with Gasteiger partial charge in [0.15, 0.2) is 0 Å². The van der Waals surface area contributed by atoms with Crippen LogP contribution in [0.5, 0.6) is 0 Å². The van der Waals surface area contributed by atoms with Crippen LogP contribution in [-0.4, -0.2) is 30.1 Å². The highest BCUT2D eigenvalue weighted by atomic mass is 16.2. The van der Waals surface area contributed by atoms with Crippen molar-refractivity contribution < 1.29 is 4.79 Å². The van der Waals surface area contributed by atoms with Crippen molar-refractivity contribution in [1.82, 2.24) is 9.88 Å². The maximum absolute atomic E-state index is 12.6. The molecular weight excluding hydrogens is 338 g/mol. The lowest BCUT2D eigenvalue weighted by Crippen LogP contribution is -2.36. The Balaban J connectivity index is 1.35. The standard InChI is InChI=1S/C22H27N3O2/c1-24-19-9-4-3-8-17(19)15-18(22(24)27)21(26)23-12-6-13-25-14-11-16-7-2-5-10-20(16)25/h2,5,7,10,15H,3-4,6,8-9,11-14H2,1H3,(H,23,26). The molecule has 1 aliphatic carbocycles. The molecule has 1 N–H and O–H groups in total. The third kappa shape index (κ3) is 3.51. The third-order valence-electron chi connectivity index (χ3n) is 5.86. The molecule has 142 valence electrons. The first kappa shape index (κ1) is 17.8. The highest BCUT2D eigenvalue weighted by Gasteiger charge is 2.20. The molecule has 0 saturated heterocycles. The maximum Gasteiger partial charge on any atom is 0.263 e. The number of rotatable bonds is 5. The number of nitrogens with zero attached hydrogens (tertiary/aromatic N) is 2. The van der Waals surface area contributed by atoms with Crippen LogP contribution in [0.15, 0.2) is 35.1 Å². The number of carbonyl (C=O) groups excluding carboxylic acids is 1. The van der Waals surface area contributed by atoms with Crippen molar-refractivity contribution in [3.63, 3.8) is 0 Å². The number of aryl methyl sites for hydroxylation is 1. The van der Waals surface area contributed by atoms with E-state index in [1.165, 1.54) is 11.3 Å². The van der Waals surface area contributed by atoms with E-state index < -0.39 is 0 Å². The Hall–Kier alpha value is -2.56. The molecule has 4 rings (SSSR count). The smallest absolute Gasteiger partial charge is 0.263 e. The van der Waals surface area contributed by atoms with Gasteiger partial charge in [-0.05, 0) is 61.8 Å². The van der Waals surface area contributed by atoms with Crippen molar-refractivity contribution in [3.05, 3.63) is 63.1 Å². The summed E-state index contributed by atoms with van der Waals surface area (Å²) in [6.45, 7) is 2.54. The first-order valence-corrected chi connectivity index (χ1v) is 9.98. The molecule has 5 heteroatoms. The molecule has 0 atom stereocenters. The lowest BCUT2D eigenvalue weighted by Gasteiger charge is -2.20. The predicted octanol–water partition coefficient (Wildman–Crippen LogP) is 2.45. The molecule has 0 bridgehead atoms. The first-order valence-electron chi connectivity index (χ1n) is 9.98. The van der Waals surface area contributed by atoms with Crippen LogP contribution >= 0.6 is 0 Å². The first-order chi connectivity index (χ1) is 13.1. The van der Waals surface area contributed by atoms with Crippen molar-refractivity contribution in [1.29, 1.82) is 0 Å². The van der Waals surface area contributed by atoms with E-state index in [2.05, 4.69) is 34.5 Å². The lowest BCUT2D eigenvalue weighted by molar-refractivity contribution is 0.0951. The largest absolute Gasteiger partial charge is 0.371 e. The van der Waals surface area contributed by atoms with Gasteiger partial charge in [0.05, 0.1) is 0 Å². The fourth-order valence-corrected chi connectivity index (χ4v) is 4.36. The number of hydrogen-bond donors (Lipinski definition) is 1. The Kier molecular flexibility index (Phi) is 5.01. The molecular formula is C22H27N3O2. The van der Waals surface area contributed by atoms with E-state index in [4.69, 9.17) is 0 Å². The van der Waals surface area contributed by atoms with Gasteiger partial charge in [-0.15, -0.1) is 0 Å². The van der Waals surface area contributed by atoms with Crippen molar-refractivity contribution in [2.24, 2.45) is 7.05 Å². The van der Waals surface area contributed by atoms with E-state index in [0.29, 0.717) is 6.54 Å². The highest BCUT2D eigenvalue weighted by molar-refractivity contribution is 5.94. The number of para-hydroxylation sites is 1. The van der Waals surface area contributed by atoms with E-state index in [-0.39, 0.29) is 17.0 Å². The molecule has 27 heavy (non-hydrogen) atoms. The van der Waals surface area contributed by atoms with Gasteiger partial charge in [0, 0.05) is 38.1 Å². The van der Waals surface area contributed by atoms with Crippen LogP contribution in [0, 0.1) is 0 Å². The number of fused-ring (bicyclic) bond motifs is 2. The Morgan fingerprint density at radius 3 is 2.81 bits per heavy atom. The molecule has 2 aliphatic rings. The van der Waals surface area contributed by atoms with E-state index in [1.807, 2.05) is 6.07 Å². The van der Waals surface area contributed by atoms with Crippen LogP contribution < -0.4 is 15.8 Å². The second kappa shape index (κ2) is 7.59. The number of amides is 1. The topological polar surface area (TPSA) is 54.3 Å². The molecule has 0 spiro atoms. The van der Waals surface area contributed by atoms with Gasteiger partial charge in [-0.1, -0.05) is 18.2 Å². The van der Waals surface area contributed by atoms with Crippen molar-refractivity contribution >= 4 is 11.6 Å². The fourth-order valence-electron chi connectivity index (χ4n) is 4.36. The summed E-state index contributed by atoms with van der Waals surface area (Å²) < 4.78 is 1.67. The van der Waals surface area contributed by atoms with Gasteiger partial charge in [0.2, 0.25) is 0 Å². The normalized spacial score (nSPS) is 15.4. The van der Waals surface area contributed by atoms with Crippen LogP contribution in [-0.2, 0) is 26.3 Å². The predicted molar refractivity (Wildman–Crippen MR) is 108 cm³/mol. The summed E-state index contributed by atoms with van der Waals surface area (Å²) in [6, 6.07) is 10.3. The van der Waals surface area contributed by atoms with Gasteiger partial charge in [0.25, 0.3) is 11.5 Å². The van der Waals surface area contributed by atoms with Crippen molar-refractivity contribution in [3.8, 4) is 0 Å². The molecule has 1 aliphatic heterocycles. The minimum atomic E-state index is -0.245. The quantitative estimate of drug-likeness (QED) is 0.828. The zero-order chi connectivity index (χ0) is 18.8. The number of aromatic nitrogens is 1. The maximum atomic E-state index is 12.6. The summed E-state index contributed by atoms with van der Waals surface area (Å²) in [4.78, 5) is 27.5. The average molecular weight is 365 g/mol. The minimum Gasteiger partial charge on any atom is -0.371 e. The Morgan fingerprint density at radius 1 is 1.11 bits per heavy atom. The molecule has 1 aromatic carbocycles. The molecule has 2 aromatic rings. The van der Waals surface area contributed by atoms with Gasteiger partial charge in [-0.25, -0.2) is 0 Å². The van der Waals surface area contributed by atoms with E-state index >= 15 is 0 Å². The van der Waals surface area contributed by atoms with Crippen LogP contribution in [0.25, 0.3) is 0 Å². The minimum absolute atomic E-state index is 0.179. The zero-order valence-corrected chi connectivity index (χ0v) is 16.0. The summed E-state index contributed by atoms with van der Waals surface area (Å²) in [7, 11) is 1.79. The number of hydrogen-bond acceptors (Lipinski definition) is 3. The van der Waals surface area contributed by atoms with Gasteiger partial charge in [-0.2, -0.15) is 0 Å². The molecule has 1 amide bonds. The number of benzene rings is 1. The molecule has 0 unspecified atom stereocenters. The summed E-state index contributed by atoms with van der Waals surface area (Å²) >= 11 is 0. The van der Waals surface area contributed by atoms with Crippen LogP contribution in [0.3, 0.4) is 0 Å². The number of nitrogens with one attached hydrogen (secondary N) is 1. The van der Waals surface area contributed by atoms with Crippen LogP contribution in [0.1, 0.15) is 46.4 Å². The lowest BCUT2D eigenvalue weighted by atomic mass is 9.94. The van der Waals surface area contributed by atoms with Gasteiger partial charge in [0.1, 0.15) is 5.56 Å². The van der Waals surface area contributed by atoms with Gasteiger partial charge >= 0.3 is 0 Å². The molecule has 0 fully saturated rings. The number of pyridine rings is 1. The second-order valence-electron chi connectivity index (χ2n) is 7.58. The Morgan fingerprint density at radius 2 is 1.93 bits per heavy atom. The van der Waals surface area contributed by atoms with Crippen molar-refractivity contribution in [2.75, 3.05) is 24.5 Å². The van der Waals surface area contributed by atoms with E-state index in [0.717, 1.165) is 62.9 Å². The summed E-state index contributed by atoms with van der Waals surface area (Å²) in [5.74, 6) is -0.245. The monoisotopic (exact) mass is 365 g/mol. The Labute approximate surface area is 160 Å². The van der Waals surface area contributed by atoms with E-state index in [1.54, 1.807) is 11.6 Å². The fraction of sp³-hybridized carbons (Fsp3) is 0.455. The average Bonchev–Trinajstić information content (AvgIpc) is 3.11. The van der Waals surface area contributed by atoms with Crippen molar-refractivity contribution in [2.45, 2.75) is 38.5 Å². The van der Waals surface area contributed by atoms with E-state index in [9.17, 15) is 9.59 Å².